The summed E-state index contributed by atoms with van der Waals surface area (Å²) < 4.78 is 52.7. The SMILES string of the molecule is CCNC(C)(c1c(F)cccc1F)C(F)F. The quantitative estimate of drug-likeness (QED) is 0.791. The summed E-state index contributed by atoms with van der Waals surface area (Å²) in [5.74, 6) is -1.94. The molecule has 0 aliphatic rings. The minimum Gasteiger partial charge on any atom is -0.303 e. The fourth-order valence-electron chi connectivity index (χ4n) is 1.64. The van der Waals surface area contributed by atoms with Crippen LogP contribution in [0.5, 0.6) is 0 Å². The molecule has 1 aromatic rings. The highest BCUT2D eigenvalue weighted by molar-refractivity contribution is 5.28. The van der Waals surface area contributed by atoms with Gasteiger partial charge in [-0.2, -0.15) is 0 Å². The molecule has 0 saturated carbocycles. The van der Waals surface area contributed by atoms with Gasteiger partial charge in [0.2, 0.25) is 0 Å². The summed E-state index contributed by atoms with van der Waals surface area (Å²) in [5.41, 5.74) is -2.63. The second-order valence-electron chi connectivity index (χ2n) is 3.63. The standard InChI is InChI=1S/C11H13F4N/c1-3-16-11(2,10(14)15)9-7(12)5-4-6-8(9)13/h4-6,10,16H,3H2,1-2H3. The number of hydrogen-bond acceptors (Lipinski definition) is 1. The zero-order valence-electron chi connectivity index (χ0n) is 9.03. The first-order valence-electron chi connectivity index (χ1n) is 4.91. The van der Waals surface area contributed by atoms with Crippen LogP contribution in [0.25, 0.3) is 0 Å². The largest absolute Gasteiger partial charge is 0.303 e. The molecule has 1 unspecified atom stereocenters. The fourth-order valence-corrected chi connectivity index (χ4v) is 1.64. The molecule has 90 valence electrons. The van der Waals surface area contributed by atoms with Gasteiger partial charge in [0, 0.05) is 5.56 Å². The zero-order chi connectivity index (χ0) is 12.3. The first kappa shape index (κ1) is 13.0. The molecule has 16 heavy (non-hydrogen) atoms. The smallest absolute Gasteiger partial charge is 0.260 e. The topological polar surface area (TPSA) is 12.0 Å². The lowest BCUT2D eigenvalue weighted by molar-refractivity contribution is 0.0350. The van der Waals surface area contributed by atoms with Crippen LogP contribution >= 0.6 is 0 Å². The summed E-state index contributed by atoms with van der Waals surface area (Å²) in [7, 11) is 0. The average Bonchev–Trinajstić information content (AvgIpc) is 2.17. The van der Waals surface area contributed by atoms with E-state index in [1.54, 1.807) is 6.92 Å². The third-order valence-corrected chi connectivity index (χ3v) is 2.46. The van der Waals surface area contributed by atoms with E-state index in [0.717, 1.165) is 25.1 Å². The molecule has 1 aromatic carbocycles. The van der Waals surface area contributed by atoms with Gasteiger partial charge in [-0.05, 0) is 25.6 Å². The average molecular weight is 235 g/mol. The summed E-state index contributed by atoms with van der Waals surface area (Å²) in [4.78, 5) is 0. The lowest BCUT2D eigenvalue weighted by Gasteiger charge is -2.30. The Kier molecular flexibility index (Phi) is 3.91. The minimum absolute atomic E-state index is 0.189. The van der Waals surface area contributed by atoms with Crippen LogP contribution in [0, 0.1) is 11.6 Å². The summed E-state index contributed by atoms with van der Waals surface area (Å²) in [6.45, 7) is 2.87. The molecule has 0 amide bonds. The molecular formula is C11H13F4N. The summed E-state index contributed by atoms with van der Waals surface area (Å²) in [6, 6.07) is 3.08. The van der Waals surface area contributed by atoms with Crippen LogP contribution in [0.3, 0.4) is 0 Å². The zero-order valence-corrected chi connectivity index (χ0v) is 9.03. The number of halogens is 4. The van der Waals surface area contributed by atoms with E-state index in [0.29, 0.717) is 0 Å². The molecule has 0 radical (unpaired) electrons. The Morgan fingerprint density at radius 3 is 2.12 bits per heavy atom. The molecule has 1 rings (SSSR count). The van der Waals surface area contributed by atoms with Gasteiger partial charge in [0.1, 0.15) is 17.2 Å². The Bertz CT molecular complexity index is 347. The Morgan fingerprint density at radius 1 is 1.25 bits per heavy atom. The third kappa shape index (κ3) is 2.19. The second-order valence-corrected chi connectivity index (χ2v) is 3.63. The van der Waals surface area contributed by atoms with Crippen LogP contribution in [0.2, 0.25) is 0 Å². The Hall–Kier alpha value is -1.10. The maximum atomic E-state index is 13.4. The molecule has 0 heterocycles. The highest BCUT2D eigenvalue weighted by atomic mass is 19.3. The highest BCUT2D eigenvalue weighted by Gasteiger charge is 2.40. The van der Waals surface area contributed by atoms with Gasteiger partial charge in [-0.15, -0.1) is 0 Å². The van der Waals surface area contributed by atoms with Crippen molar-refractivity contribution in [3.8, 4) is 0 Å². The summed E-state index contributed by atoms with van der Waals surface area (Å²) >= 11 is 0. The molecule has 0 spiro atoms. The van der Waals surface area contributed by atoms with Crippen molar-refractivity contribution in [2.75, 3.05) is 6.54 Å². The molecule has 0 fully saturated rings. The molecule has 1 atom stereocenters. The number of benzene rings is 1. The first-order valence-corrected chi connectivity index (χ1v) is 4.91. The van der Waals surface area contributed by atoms with Crippen LogP contribution in [0.15, 0.2) is 18.2 Å². The van der Waals surface area contributed by atoms with Crippen molar-refractivity contribution >= 4 is 0 Å². The van der Waals surface area contributed by atoms with E-state index >= 15 is 0 Å². The Labute approximate surface area is 91.5 Å². The van der Waals surface area contributed by atoms with E-state index in [1.165, 1.54) is 0 Å². The molecule has 0 aliphatic heterocycles. The van der Waals surface area contributed by atoms with Crippen molar-refractivity contribution in [1.82, 2.24) is 5.32 Å². The van der Waals surface area contributed by atoms with E-state index in [-0.39, 0.29) is 6.54 Å². The molecular weight excluding hydrogens is 222 g/mol. The number of rotatable bonds is 4. The molecule has 0 bridgehead atoms. The van der Waals surface area contributed by atoms with Gasteiger partial charge in [-0.3, -0.25) is 0 Å². The lowest BCUT2D eigenvalue weighted by atomic mass is 9.91. The second kappa shape index (κ2) is 4.82. The number of nitrogens with one attached hydrogen (secondary N) is 1. The maximum absolute atomic E-state index is 13.4. The van der Waals surface area contributed by atoms with Gasteiger partial charge in [0.25, 0.3) is 6.43 Å². The summed E-state index contributed by atoms with van der Waals surface area (Å²) in [5, 5.41) is 2.43. The van der Waals surface area contributed by atoms with Gasteiger partial charge >= 0.3 is 0 Å². The van der Waals surface area contributed by atoms with Gasteiger partial charge in [0.15, 0.2) is 0 Å². The normalized spacial score (nSPS) is 15.2. The van der Waals surface area contributed by atoms with Crippen molar-refractivity contribution in [3.05, 3.63) is 35.4 Å². The predicted octanol–water partition coefficient (Wildman–Crippen LogP) is 3.05. The van der Waals surface area contributed by atoms with Crippen LogP contribution < -0.4 is 5.32 Å². The highest BCUT2D eigenvalue weighted by Crippen LogP contribution is 2.31. The van der Waals surface area contributed by atoms with Crippen molar-refractivity contribution < 1.29 is 17.6 Å². The molecule has 1 N–H and O–H groups in total. The monoisotopic (exact) mass is 235 g/mol. The maximum Gasteiger partial charge on any atom is 0.260 e. The van der Waals surface area contributed by atoms with E-state index < -0.39 is 29.2 Å². The van der Waals surface area contributed by atoms with E-state index in [4.69, 9.17) is 0 Å². The van der Waals surface area contributed by atoms with E-state index in [9.17, 15) is 17.6 Å². The van der Waals surface area contributed by atoms with Gasteiger partial charge in [-0.1, -0.05) is 13.0 Å². The molecule has 0 saturated heterocycles. The lowest BCUT2D eigenvalue weighted by Crippen LogP contribution is -2.47. The first-order chi connectivity index (χ1) is 7.43. The van der Waals surface area contributed by atoms with E-state index in [2.05, 4.69) is 5.32 Å². The van der Waals surface area contributed by atoms with Crippen molar-refractivity contribution in [3.63, 3.8) is 0 Å². The van der Waals surface area contributed by atoms with Crippen LogP contribution in [-0.2, 0) is 5.54 Å². The van der Waals surface area contributed by atoms with Crippen LogP contribution in [-0.4, -0.2) is 13.0 Å². The van der Waals surface area contributed by atoms with Gasteiger partial charge in [0.05, 0.1) is 0 Å². The van der Waals surface area contributed by atoms with Crippen LogP contribution in [0.4, 0.5) is 17.6 Å². The Balaban J connectivity index is 3.31. The van der Waals surface area contributed by atoms with Crippen molar-refractivity contribution in [1.29, 1.82) is 0 Å². The van der Waals surface area contributed by atoms with Gasteiger partial charge in [-0.25, -0.2) is 17.6 Å². The predicted molar refractivity (Wildman–Crippen MR) is 53.4 cm³/mol. The fraction of sp³-hybridized carbons (Fsp3) is 0.455. The molecule has 5 heteroatoms. The summed E-state index contributed by atoms with van der Waals surface area (Å²) in [6.07, 6.45) is -2.90. The third-order valence-electron chi connectivity index (χ3n) is 2.46. The molecule has 1 nitrogen and oxygen atoms in total. The van der Waals surface area contributed by atoms with E-state index in [1.807, 2.05) is 0 Å². The molecule has 0 aliphatic carbocycles. The van der Waals surface area contributed by atoms with Gasteiger partial charge < -0.3 is 5.32 Å². The molecule has 0 aromatic heterocycles. The van der Waals surface area contributed by atoms with Crippen molar-refractivity contribution in [2.24, 2.45) is 0 Å². The Morgan fingerprint density at radius 2 is 1.75 bits per heavy atom. The number of hydrogen-bond donors (Lipinski definition) is 1. The van der Waals surface area contributed by atoms with Crippen LogP contribution in [0.1, 0.15) is 19.4 Å². The number of alkyl halides is 2. The van der Waals surface area contributed by atoms with Crippen molar-refractivity contribution in [2.45, 2.75) is 25.8 Å². The minimum atomic E-state index is -2.90.